The predicted octanol–water partition coefficient (Wildman–Crippen LogP) is 2.70. The molecule has 0 atom stereocenters. The van der Waals surface area contributed by atoms with Crippen LogP contribution in [0.4, 0.5) is 0 Å². The first-order valence-corrected chi connectivity index (χ1v) is 4.15. The minimum absolute atomic E-state index is 0.0509. The zero-order valence-electron chi connectivity index (χ0n) is 4.61. The largest absolute Gasteiger partial charge is 0.505 e. The lowest BCUT2D eigenvalue weighted by Crippen LogP contribution is -1.82. The molecule has 1 aromatic heterocycles. The molecule has 0 spiro atoms. The van der Waals surface area contributed by atoms with Gasteiger partial charge in [0.1, 0.15) is 14.6 Å². The summed E-state index contributed by atoms with van der Waals surface area (Å²) in [6, 6.07) is 1.36. The maximum absolute atomic E-state index is 9.01. The van der Waals surface area contributed by atoms with Gasteiger partial charge >= 0.3 is 0 Å². The lowest BCUT2D eigenvalue weighted by Gasteiger charge is -1.97. The lowest BCUT2D eigenvalue weighted by molar-refractivity contribution is 0.468. The molecule has 5 heteroatoms. The molecule has 0 amide bonds. The summed E-state index contributed by atoms with van der Waals surface area (Å²) in [5.74, 6) is 0.0509. The minimum atomic E-state index is 0.0509. The average Bonchev–Trinajstić information content (AvgIpc) is 1.84. The van der Waals surface area contributed by atoms with Crippen LogP contribution in [0.25, 0.3) is 0 Å². The Balaban J connectivity index is 3.28. The Labute approximate surface area is 81.3 Å². The number of rotatable bonds is 0. The van der Waals surface area contributed by atoms with Gasteiger partial charge in [0, 0.05) is 6.07 Å². The van der Waals surface area contributed by atoms with Gasteiger partial charge in [-0.3, -0.25) is 0 Å². The molecule has 0 aliphatic carbocycles. The van der Waals surface area contributed by atoms with Gasteiger partial charge < -0.3 is 5.11 Å². The van der Waals surface area contributed by atoms with Crippen molar-refractivity contribution in [1.82, 2.24) is 4.98 Å². The van der Waals surface area contributed by atoms with Crippen molar-refractivity contribution < 1.29 is 5.11 Å². The van der Waals surface area contributed by atoms with Gasteiger partial charge in [-0.25, -0.2) is 4.98 Å². The summed E-state index contributed by atoms with van der Waals surface area (Å²) in [5.41, 5.74) is 0. The van der Waals surface area contributed by atoms with E-state index in [1.807, 2.05) is 22.6 Å². The van der Waals surface area contributed by atoms with E-state index in [4.69, 9.17) is 28.3 Å². The molecule has 54 valence electrons. The molecule has 1 heterocycles. The first kappa shape index (κ1) is 8.36. The van der Waals surface area contributed by atoms with Crippen molar-refractivity contribution in [3.8, 4) is 5.75 Å². The highest BCUT2D eigenvalue weighted by Gasteiger charge is 2.04. The van der Waals surface area contributed by atoms with Crippen LogP contribution < -0.4 is 0 Å². The lowest BCUT2D eigenvalue weighted by atomic mass is 10.5. The molecule has 0 bridgehead atoms. The molecule has 0 aliphatic heterocycles. The summed E-state index contributed by atoms with van der Waals surface area (Å²) >= 11 is 12.9. The van der Waals surface area contributed by atoms with Crippen LogP contribution in [-0.2, 0) is 0 Å². The van der Waals surface area contributed by atoms with Crippen LogP contribution in [-0.4, -0.2) is 10.1 Å². The van der Waals surface area contributed by atoms with Crippen molar-refractivity contribution in [2.24, 2.45) is 0 Å². The van der Waals surface area contributed by atoms with Crippen LogP contribution in [0.2, 0.25) is 10.2 Å². The van der Waals surface area contributed by atoms with Crippen LogP contribution in [0.3, 0.4) is 0 Å². The molecular formula is C5H2Cl2INO. The quantitative estimate of drug-likeness (QED) is 0.588. The Morgan fingerprint density at radius 2 is 2.10 bits per heavy atom. The first-order chi connectivity index (χ1) is 4.61. The summed E-state index contributed by atoms with van der Waals surface area (Å²) in [7, 11) is 0. The fourth-order valence-electron chi connectivity index (χ4n) is 0.436. The second kappa shape index (κ2) is 3.11. The molecule has 1 aromatic rings. The molecule has 0 aliphatic rings. The molecule has 1 N–H and O–H groups in total. The van der Waals surface area contributed by atoms with Crippen LogP contribution in [0.1, 0.15) is 0 Å². The third kappa shape index (κ3) is 1.65. The van der Waals surface area contributed by atoms with Gasteiger partial charge in [0.2, 0.25) is 0 Å². The van der Waals surface area contributed by atoms with Crippen molar-refractivity contribution in [2.75, 3.05) is 0 Å². The SMILES string of the molecule is Oc1cc(Cl)c(Cl)nc1I. The maximum Gasteiger partial charge on any atom is 0.149 e. The number of aromatic hydroxyl groups is 1. The zero-order chi connectivity index (χ0) is 7.72. The molecule has 1 rings (SSSR count). The Morgan fingerprint density at radius 3 is 2.60 bits per heavy atom. The summed E-state index contributed by atoms with van der Waals surface area (Å²) in [6.45, 7) is 0. The second-order valence-electron chi connectivity index (χ2n) is 1.57. The van der Waals surface area contributed by atoms with E-state index in [0.29, 0.717) is 3.70 Å². The van der Waals surface area contributed by atoms with Crippen molar-refractivity contribution in [3.63, 3.8) is 0 Å². The molecule has 0 unspecified atom stereocenters. The maximum atomic E-state index is 9.01. The van der Waals surface area contributed by atoms with E-state index in [2.05, 4.69) is 4.98 Å². The van der Waals surface area contributed by atoms with E-state index in [1.54, 1.807) is 0 Å². The third-order valence-electron chi connectivity index (χ3n) is 0.868. The van der Waals surface area contributed by atoms with Crippen molar-refractivity contribution in [1.29, 1.82) is 0 Å². The number of nitrogens with zero attached hydrogens (tertiary/aromatic N) is 1. The summed E-state index contributed by atoms with van der Waals surface area (Å²) in [5, 5.41) is 9.49. The van der Waals surface area contributed by atoms with Gasteiger partial charge in [-0.05, 0) is 22.6 Å². The standard InChI is InChI=1S/C5H2Cl2INO/c6-2-1-3(10)5(8)9-4(2)7/h1,10H. The van der Waals surface area contributed by atoms with Crippen LogP contribution in [0.15, 0.2) is 6.07 Å². The number of halogens is 3. The van der Waals surface area contributed by atoms with Gasteiger partial charge in [-0.15, -0.1) is 0 Å². The molecule has 0 saturated heterocycles. The minimum Gasteiger partial charge on any atom is -0.505 e. The molecule has 0 radical (unpaired) electrons. The Hall–Kier alpha value is 0.260. The van der Waals surface area contributed by atoms with Crippen molar-refractivity contribution in [2.45, 2.75) is 0 Å². The fraction of sp³-hybridized carbons (Fsp3) is 0. The fourth-order valence-corrected chi connectivity index (χ4v) is 1.26. The van der Waals surface area contributed by atoms with E-state index < -0.39 is 0 Å². The van der Waals surface area contributed by atoms with Gasteiger partial charge in [-0.1, -0.05) is 23.2 Å². The highest BCUT2D eigenvalue weighted by molar-refractivity contribution is 14.1. The summed E-state index contributed by atoms with van der Waals surface area (Å²) < 4.78 is 0.451. The molecule has 0 saturated carbocycles. The first-order valence-electron chi connectivity index (χ1n) is 2.32. The van der Waals surface area contributed by atoms with E-state index in [-0.39, 0.29) is 15.9 Å². The van der Waals surface area contributed by atoms with Gasteiger partial charge in [-0.2, -0.15) is 0 Å². The Kier molecular flexibility index (Phi) is 2.60. The predicted molar refractivity (Wildman–Crippen MR) is 48.6 cm³/mol. The topological polar surface area (TPSA) is 33.1 Å². The van der Waals surface area contributed by atoms with Crippen LogP contribution in [0.5, 0.6) is 5.75 Å². The van der Waals surface area contributed by atoms with Crippen molar-refractivity contribution >= 4 is 45.8 Å². The summed E-state index contributed by atoms with van der Waals surface area (Å²) in [6.07, 6.45) is 0. The number of hydrogen-bond donors (Lipinski definition) is 1. The molecular weight excluding hydrogens is 288 g/mol. The highest BCUT2D eigenvalue weighted by Crippen LogP contribution is 2.26. The van der Waals surface area contributed by atoms with E-state index in [1.165, 1.54) is 6.07 Å². The Morgan fingerprint density at radius 1 is 1.50 bits per heavy atom. The second-order valence-corrected chi connectivity index (χ2v) is 3.36. The zero-order valence-corrected chi connectivity index (χ0v) is 8.28. The Bertz CT molecular complexity index is 216. The van der Waals surface area contributed by atoms with E-state index in [0.717, 1.165) is 0 Å². The molecule has 10 heavy (non-hydrogen) atoms. The van der Waals surface area contributed by atoms with Crippen molar-refractivity contribution in [3.05, 3.63) is 19.9 Å². The average molecular weight is 290 g/mol. The van der Waals surface area contributed by atoms with Gasteiger partial charge in [0.25, 0.3) is 0 Å². The molecule has 0 aromatic carbocycles. The number of hydrogen-bond acceptors (Lipinski definition) is 2. The highest BCUT2D eigenvalue weighted by atomic mass is 127. The molecule has 0 fully saturated rings. The number of aromatic nitrogens is 1. The van der Waals surface area contributed by atoms with Gasteiger partial charge in [0.15, 0.2) is 0 Å². The molecule has 2 nitrogen and oxygen atoms in total. The third-order valence-corrected chi connectivity index (χ3v) is 2.34. The van der Waals surface area contributed by atoms with Crippen LogP contribution >= 0.6 is 45.8 Å². The van der Waals surface area contributed by atoms with E-state index in [9.17, 15) is 0 Å². The monoisotopic (exact) mass is 289 g/mol. The number of pyridine rings is 1. The van der Waals surface area contributed by atoms with E-state index >= 15 is 0 Å². The normalized spacial score (nSPS) is 9.90. The smallest absolute Gasteiger partial charge is 0.149 e. The van der Waals surface area contributed by atoms with Gasteiger partial charge in [0.05, 0.1) is 5.02 Å². The van der Waals surface area contributed by atoms with Crippen LogP contribution in [0, 0.1) is 3.70 Å². The summed E-state index contributed by atoms with van der Waals surface area (Å²) in [4.78, 5) is 3.74.